The van der Waals surface area contributed by atoms with Gasteiger partial charge in [0.25, 0.3) is 5.91 Å². The maximum atomic E-state index is 13.7. The van der Waals surface area contributed by atoms with Gasteiger partial charge in [0.2, 0.25) is 5.91 Å². The number of carbonyl (C=O) groups excluding carboxylic acids is 3. The van der Waals surface area contributed by atoms with Gasteiger partial charge in [-0.3, -0.25) is 14.5 Å². The van der Waals surface area contributed by atoms with E-state index in [2.05, 4.69) is 16.0 Å². The SMILES string of the molecule is COCC(C)(C)C(=O)N1CCC[C@@H](NC(=O)C2=C3NC(=O)N(c4ccc(Oc5ccccc5)cc4C)C4CCNC(S2)C34)C1. The minimum absolute atomic E-state index is 0.0205. The van der Waals surface area contributed by atoms with E-state index in [0.29, 0.717) is 36.0 Å². The van der Waals surface area contributed by atoms with Gasteiger partial charge in [-0.25, -0.2) is 4.79 Å². The summed E-state index contributed by atoms with van der Waals surface area (Å²) in [4.78, 5) is 44.9. The van der Waals surface area contributed by atoms with Crippen molar-refractivity contribution in [1.82, 2.24) is 20.9 Å². The fraction of sp³-hybridized carbons (Fsp3) is 0.485. The van der Waals surface area contributed by atoms with Crippen LogP contribution in [0, 0.1) is 18.3 Å². The van der Waals surface area contributed by atoms with E-state index in [0.717, 1.165) is 42.8 Å². The number of likely N-dealkylation sites (tertiary alicyclic amines) is 1. The first-order valence-electron chi connectivity index (χ1n) is 15.3. The van der Waals surface area contributed by atoms with Crippen molar-refractivity contribution in [1.29, 1.82) is 0 Å². The average Bonchev–Trinajstić information content (AvgIpc) is 3.38. The molecule has 11 heteroatoms. The van der Waals surface area contributed by atoms with Crippen LogP contribution in [0.5, 0.6) is 11.5 Å². The summed E-state index contributed by atoms with van der Waals surface area (Å²) in [5, 5.41) is 9.83. The van der Waals surface area contributed by atoms with Gasteiger partial charge in [0.05, 0.1) is 28.3 Å². The zero-order chi connectivity index (χ0) is 31.0. The molecule has 2 aromatic carbocycles. The molecule has 0 saturated carbocycles. The number of nitrogens with one attached hydrogen (secondary N) is 3. The maximum Gasteiger partial charge on any atom is 0.326 e. The van der Waals surface area contributed by atoms with Crippen molar-refractivity contribution in [3.05, 3.63) is 64.7 Å². The smallest absolute Gasteiger partial charge is 0.326 e. The molecule has 2 aromatic rings. The highest BCUT2D eigenvalue weighted by atomic mass is 32.2. The van der Waals surface area contributed by atoms with E-state index in [4.69, 9.17) is 9.47 Å². The maximum absolute atomic E-state index is 13.7. The number of thioether (sulfide) groups is 1. The molecule has 4 amide bonds. The first-order chi connectivity index (χ1) is 21.2. The molecule has 4 atom stereocenters. The highest BCUT2D eigenvalue weighted by Gasteiger charge is 2.52. The van der Waals surface area contributed by atoms with Gasteiger partial charge in [-0.2, -0.15) is 0 Å². The number of amides is 4. The summed E-state index contributed by atoms with van der Waals surface area (Å²) in [5.74, 6) is 1.25. The zero-order valence-corrected chi connectivity index (χ0v) is 26.5. The normalized spacial score (nSPS) is 25.0. The van der Waals surface area contributed by atoms with E-state index < -0.39 is 5.41 Å². The van der Waals surface area contributed by atoms with Gasteiger partial charge >= 0.3 is 6.03 Å². The van der Waals surface area contributed by atoms with Gasteiger partial charge < -0.3 is 30.3 Å². The van der Waals surface area contributed by atoms with Crippen molar-refractivity contribution in [3.63, 3.8) is 0 Å². The summed E-state index contributed by atoms with van der Waals surface area (Å²) < 4.78 is 11.3. The Kier molecular flexibility index (Phi) is 8.63. The Morgan fingerprint density at radius 3 is 2.66 bits per heavy atom. The largest absolute Gasteiger partial charge is 0.457 e. The lowest BCUT2D eigenvalue weighted by atomic mass is 9.86. The van der Waals surface area contributed by atoms with Crippen LogP contribution in [0.3, 0.4) is 0 Å². The second-order valence-electron chi connectivity index (χ2n) is 12.7. The van der Waals surface area contributed by atoms with E-state index in [9.17, 15) is 14.4 Å². The monoisotopic (exact) mass is 619 g/mol. The Labute approximate surface area is 262 Å². The molecule has 4 aliphatic rings. The zero-order valence-electron chi connectivity index (χ0n) is 25.7. The molecule has 0 bridgehead atoms. The van der Waals surface area contributed by atoms with E-state index in [1.807, 2.05) is 79.1 Å². The number of piperidine rings is 2. The standard InChI is InChI=1S/C33H41N5O5S/c1-20-17-23(43-22-10-6-5-7-11-22)12-13-24(20)38-25-14-15-34-30-26(25)27(36-32(38)41)28(44-30)29(39)35-21-9-8-16-37(18-21)31(40)33(2,3)19-42-4/h5-7,10-13,17,21,25-26,30,34H,8-9,14-16,18-19H2,1-4H3,(H,35,39)(H,36,41)/t21-,25?,26?,30?/m1/s1. The average molecular weight is 620 g/mol. The number of aryl methyl sites for hydroxylation is 1. The Hall–Kier alpha value is -3.54. The Bertz CT molecular complexity index is 1460. The third kappa shape index (κ3) is 5.92. The highest BCUT2D eigenvalue weighted by molar-refractivity contribution is 8.04. The number of urea groups is 1. The summed E-state index contributed by atoms with van der Waals surface area (Å²) in [5.41, 5.74) is 1.83. The number of carbonyl (C=O) groups is 3. The molecule has 0 aromatic heterocycles. The topological polar surface area (TPSA) is 112 Å². The summed E-state index contributed by atoms with van der Waals surface area (Å²) in [7, 11) is 1.60. The molecule has 3 fully saturated rings. The molecule has 234 valence electrons. The molecule has 44 heavy (non-hydrogen) atoms. The summed E-state index contributed by atoms with van der Waals surface area (Å²) in [6, 6.07) is 14.9. The van der Waals surface area contributed by atoms with Crippen LogP contribution in [0.25, 0.3) is 0 Å². The third-order valence-corrected chi connectivity index (χ3v) is 10.2. The number of anilines is 1. The van der Waals surface area contributed by atoms with Crippen LogP contribution in [0.15, 0.2) is 59.1 Å². The second-order valence-corrected chi connectivity index (χ2v) is 13.8. The summed E-state index contributed by atoms with van der Waals surface area (Å²) in [6.07, 6.45) is 2.38. The molecular weight excluding hydrogens is 578 g/mol. The number of ether oxygens (including phenoxy) is 2. The Morgan fingerprint density at radius 1 is 1.11 bits per heavy atom. The molecule has 3 unspecified atom stereocenters. The number of para-hydroxylation sites is 1. The minimum atomic E-state index is -0.630. The van der Waals surface area contributed by atoms with Crippen molar-refractivity contribution in [2.45, 2.75) is 57.5 Å². The lowest BCUT2D eigenvalue weighted by Gasteiger charge is -2.46. The quantitative estimate of drug-likeness (QED) is 0.403. The summed E-state index contributed by atoms with van der Waals surface area (Å²) >= 11 is 1.49. The van der Waals surface area contributed by atoms with Crippen molar-refractivity contribution >= 4 is 35.3 Å². The van der Waals surface area contributed by atoms with Crippen molar-refractivity contribution in [3.8, 4) is 11.5 Å². The molecule has 0 radical (unpaired) electrons. The molecule has 0 aliphatic carbocycles. The highest BCUT2D eigenvalue weighted by Crippen LogP contribution is 2.48. The van der Waals surface area contributed by atoms with Crippen molar-refractivity contribution in [2.75, 3.05) is 38.3 Å². The van der Waals surface area contributed by atoms with Crippen LogP contribution >= 0.6 is 11.8 Å². The predicted octanol–water partition coefficient (Wildman–Crippen LogP) is 4.36. The molecule has 3 N–H and O–H groups in total. The molecule has 6 rings (SSSR count). The van der Waals surface area contributed by atoms with Crippen LogP contribution in [-0.2, 0) is 14.3 Å². The molecule has 10 nitrogen and oxygen atoms in total. The molecular formula is C33H41N5O5S. The van der Waals surface area contributed by atoms with Crippen LogP contribution in [-0.4, -0.2) is 73.6 Å². The van der Waals surface area contributed by atoms with E-state index in [-0.39, 0.29) is 41.2 Å². The number of benzene rings is 2. The Morgan fingerprint density at radius 2 is 1.91 bits per heavy atom. The van der Waals surface area contributed by atoms with Gasteiger partial charge in [0, 0.05) is 43.5 Å². The summed E-state index contributed by atoms with van der Waals surface area (Å²) in [6.45, 7) is 7.97. The first-order valence-corrected chi connectivity index (χ1v) is 16.2. The van der Waals surface area contributed by atoms with Crippen LogP contribution < -0.4 is 25.6 Å². The molecule has 0 spiro atoms. The van der Waals surface area contributed by atoms with Crippen molar-refractivity contribution in [2.24, 2.45) is 11.3 Å². The lowest BCUT2D eigenvalue weighted by Crippen LogP contribution is -2.62. The van der Waals surface area contributed by atoms with Gasteiger partial charge in [-0.1, -0.05) is 30.0 Å². The number of hydrogen-bond acceptors (Lipinski definition) is 7. The van der Waals surface area contributed by atoms with Crippen molar-refractivity contribution < 1.29 is 23.9 Å². The number of methoxy groups -OCH3 is 1. The molecule has 3 saturated heterocycles. The molecule has 4 aliphatic heterocycles. The van der Waals surface area contributed by atoms with E-state index in [1.54, 1.807) is 7.11 Å². The van der Waals surface area contributed by atoms with E-state index >= 15 is 0 Å². The fourth-order valence-electron chi connectivity index (χ4n) is 6.87. The van der Waals surface area contributed by atoms with Gasteiger partial charge in [-0.15, -0.1) is 0 Å². The van der Waals surface area contributed by atoms with E-state index in [1.165, 1.54) is 11.8 Å². The van der Waals surface area contributed by atoms with Gasteiger partial charge in [-0.05, 0) is 82.5 Å². The molecule has 4 heterocycles. The fourth-order valence-corrected chi connectivity index (χ4v) is 8.27. The first kappa shape index (κ1) is 30.5. The Balaban J connectivity index is 1.18. The minimum Gasteiger partial charge on any atom is -0.457 e. The predicted molar refractivity (Wildman–Crippen MR) is 170 cm³/mol. The van der Waals surface area contributed by atoms with Gasteiger partial charge in [0.1, 0.15) is 11.5 Å². The van der Waals surface area contributed by atoms with Crippen LogP contribution in [0.1, 0.15) is 38.7 Å². The third-order valence-electron chi connectivity index (χ3n) is 8.88. The van der Waals surface area contributed by atoms with Crippen LogP contribution in [0.4, 0.5) is 10.5 Å². The number of hydrogen-bond donors (Lipinski definition) is 3. The number of rotatable bonds is 8. The number of nitrogens with zero attached hydrogens (tertiary/aromatic N) is 2. The second kappa shape index (κ2) is 12.5. The lowest BCUT2D eigenvalue weighted by molar-refractivity contribution is -0.144. The van der Waals surface area contributed by atoms with Crippen LogP contribution in [0.2, 0.25) is 0 Å². The van der Waals surface area contributed by atoms with Gasteiger partial charge in [0.15, 0.2) is 0 Å².